The molecular formula is C14H20N2O2. The Balaban J connectivity index is 1.97. The van der Waals surface area contributed by atoms with E-state index < -0.39 is 0 Å². The van der Waals surface area contributed by atoms with Crippen LogP contribution in [0.15, 0.2) is 18.2 Å². The Kier molecular flexibility index (Phi) is 4.07. The van der Waals surface area contributed by atoms with Crippen LogP contribution in [0.1, 0.15) is 36.0 Å². The highest BCUT2D eigenvalue weighted by atomic mass is 16.5. The van der Waals surface area contributed by atoms with Gasteiger partial charge in [-0.05, 0) is 30.9 Å². The molecule has 1 aliphatic carbocycles. The summed E-state index contributed by atoms with van der Waals surface area (Å²) in [4.78, 5) is 11.6. The number of hydrogen-bond donors (Lipinski definition) is 2. The summed E-state index contributed by atoms with van der Waals surface area (Å²) in [6.45, 7) is 0.842. The standard InChI is InChI=1S/C14H20N2O2/c1-18-14(17)11-5-2-6-12(15)13(11)16-9-3-4-10-7-8-10/h2,5-6,10,16H,3-4,7-9,15H2,1H3. The molecule has 1 aromatic carbocycles. The van der Waals surface area contributed by atoms with E-state index in [4.69, 9.17) is 10.5 Å². The van der Waals surface area contributed by atoms with Crippen LogP contribution in [-0.4, -0.2) is 19.6 Å². The van der Waals surface area contributed by atoms with Crippen LogP contribution in [0.25, 0.3) is 0 Å². The second-order valence-electron chi connectivity index (χ2n) is 4.77. The quantitative estimate of drug-likeness (QED) is 0.461. The Labute approximate surface area is 108 Å². The van der Waals surface area contributed by atoms with Crippen LogP contribution >= 0.6 is 0 Å². The average Bonchev–Trinajstić information content (AvgIpc) is 3.19. The Morgan fingerprint density at radius 3 is 2.94 bits per heavy atom. The maximum atomic E-state index is 11.6. The molecule has 98 valence electrons. The van der Waals surface area contributed by atoms with Crippen molar-refractivity contribution in [2.75, 3.05) is 24.7 Å². The molecule has 0 spiro atoms. The fourth-order valence-electron chi connectivity index (χ4n) is 2.06. The van der Waals surface area contributed by atoms with Gasteiger partial charge in [-0.25, -0.2) is 4.79 Å². The minimum atomic E-state index is -0.355. The van der Waals surface area contributed by atoms with Crippen LogP contribution in [0.5, 0.6) is 0 Å². The van der Waals surface area contributed by atoms with Gasteiger partial charge in [-0.3, -0.25) is 0 Å². The second kappa shape index (κ2) is 5.76. The lowest BCUT2D eigenvalue weighted by molar-refractivity contribution is 0.0602. The van der Waals surface area contributed by atoms with E-state index in [1.807, 2.05) is 0 Å². The number of esters is 1. The van der Waals surface area contributed by atoms with Crippen LogP contribution in [0, 0.1) is 5.92 Å². The van der Waals surface area contributed by atoms with Crippen LogP contribution in [-0.2, 0) is 4.74 Å². The van der Waals surface area contributed by atoms with Gasteiger partial charge in [-0.1, -0.05) is 18.9 Å². The lowest BCUT2D eigenvalue weighted by atomic mass is 10.1. The van der Waals surface area contributed by atoms with E-state index in [1.165, 1.54) is 26.4 Å². The number of carbonyl (C=O) groups excluding carboxylic acids is 1. The van der Waals surface area contributed by atoms with Crippen molar-refractivity contribution in [3.8, 4) is 0 Å². The van der Waals surface area contributed by atoms with Gasteiger partial charge in [0.25, 0.3) is 0 Å². The molecule has 0 unspecified atom stereocenters. The topological polar surface area (TPSA) is 64.3 Å². The number of hydrogen-bond acceptors (Lipinski definition) is 4. The lowest BCUT2D eigenvalue weighted by Gasteiger charge is -2.13. The third-order valence-electron chi connectivity index (χ3n) is 3.29. The molecular weight excluding hydrogens is 228 g/mol. The maximum Gasteiger partial charge on any atom is 0.340 e. The van der Waals surface area contributed by atoms with Crippen molar-refractivity contribution in [3.05, 3.63) is 23.8 Å². The lowest BCUT2D eigenvalue weighted by Crippen LogP contribution is -2.11. The number of nitrogen functional groups attached to an aromatic ring is 1. The number of nitrogens with two attached hydrogens (primary N) is 1. The Morgan fingerprint density at radius 2 is 2.28 bits per heavy atom. The molecule has 0 heterocycles. The summed E-state index contributed by atoms with van der Waals surface area (Å²) in [6.07, 6.45) is 5.12. The van der Waals surface area contributed by atoms with Gasteiger partial charge in [-0.2, -0.15) is 0 Å². The summed E-state index contributed by atoms with van der Waals surface area (Å²) in [5.41, 5.74) is 7.68. The molecule has 0 aliphatic heterocycles. The minimum absolute atomic E-state index is 0.355. The Bertz CT molecular complexity index is 428. The summed E-state index contributed by atoms with van der Waals surface area (Å²) in [5, 5.41) is 3.25. The molecule has 1 fully saturated rings. The molecule has 4 heteroatoms. The predicted molar refractivity (Wildman–Crippen MR) is 72.6 cm³/mol. The van der Waals surface area contributed by atoms with Crippen LogP contribution in [0.3, 0.4) is 0 Å². The average molecular weight is 248 g/mol. The fourth-order valence-corrected chi connectivity index (χ4v) is 2.06. The highest BCUT2D eigenvalue weighted by Crippen LogP contribution is 2.33. The first kappa shape index (κ1) is 12.7. The first-order chi connectivity index (χ1) is 8.72. The Hall–Kier alpha value is -1.71. The first-order valence-electron chi connectivity index (χ1n) is 6.43. The maximum absolute atomic E-state index is 11.6. The molecule has 0 saturated heterocycles. The normalized spacial score (nSPS) is 14.3. The Morgan fingerprint density at radius 1 is 1.50 bits per heavy atom. The van der Waals surface area contributed by atoms with Gasteiger partial charge in [0.1, 0.15) is 0 Å². The van der Waals surface area contributed by atoms with Gasteiger partial charge in [0, 0.05) is 6.54 Å². The monoisotopic (exact) mass is 248 g/mol. The van der Waals surface area contributed by atoms with Gasteiger partial charge in [-0.15, -0.1) is 0 Å². The predicted octanol–water partition coefficient (Wildman–Crippen LogP) is 2.66. The largest absolute Gasteiger partial charge is 0.465 e. The molecule has 0 bridgehead atoms. The molecule has 4 nitrogen and oxygen atoms in total. The van der Waals surface area contributed by atoms with E-state index in [-0.39, 0.29) is 5.97 Å². The summed E-state index contributed by atoms with van der Waals surface area (Å²) in [6, 6.07) is 5.28. The third-order valence-corrected chi connectivity index (χ3v) is 3.29. The van der Waals surface area contributed by atoms with E-state index in [2.05, 4.69) is 5.32 Å². The summed E-state index contributed by atoms with van der Waals surface area (Å²) < 4.78 is 4.75. The van der Waals surface area contributed by atoms with Crippen LogP contribution < -0.4 is 11.1 Å². The van der Waals surface area contributed by atoms with Gasteiger partial charge in [0.2, 0.25) is 0 Å². The SMILES string of the molecule is COC(=O)c1cccc(N)c1NCCCC1CC1. The van der Waals surface area contributed by atoms with Crippen molar-refractivity contribution in [2.24, 2.45) is 5.92 Å². The van der Waals surface area contributed by atoms with E-state index >= 15 is 0 Å². The third kappa shape index (κ3) is 3.15. The molecule has 0 radical (unpaired) electrons. The summed E-state index contributed by atoms with van der Waals surface area (Å²) in [7, 11) is 1.38. The minimum Gasteiger partial charge on any atom is -0.465 e. The highest BCUT2D eigenvalue weighted by Gasteiger charge is 2.20. The number of para-hydroxylation sites is 1. The van der Waals surface area contributed by atoms with Crippen molar-refractivity contribution in [2.45, 2.75) is 25.7 Å². The number of anilines is 2. The smallest absolute Gasteiger partial charge is 0.340 e. The number of nitrogens with one attached hydrogen (secondary N) is 1. The molecule has 18 heavy (non-hydrogen) atoms. The molecule has 0 atom stereocenters. The molecule has 2 rings (SSSR count). The second-order valence-corrected chi connectivity index (χ2v) is 4.77. The van der Waals surface area contributed by atoms with Gasteiger partial charge >= 0.3 is 5.97 Å². The van der Waals surface area contributed by atoms with Crippen molar-refractivity contribution >= 4 is 17.3 Å². The van der Waals surface area contributed by atoms with E-state index in [0.29, 0.717) is 16.9 Å². The number of benzene rings is 1. The number of carbonyl (C=O) groups is 1. The zero-order valence-electron chi connectivity index (χ0n) is 10.7. The molecule has 0 amide bonds. The van der Waals surface area contributed by atoms with Gasteiger partial charge in [0.15, 0.2) is 0 Å². The van der Waals surface area contributed by atoms with Crippen molar-refractivity contribution in [3.63, 3.8) is 0 Å². The van der Waals surface area contributed by atoms with Crippen LogP contribution in [0.2, 0.25) is 0 Å². The first-order valence-corrected chi connectivity index (χ1v) is 6.43. The van der Waals surface area contributed by atoms with E-state index in [9.17, 15) is 4.79 Å². The van der Waals surface area contributed by atoms with Crippen LogP contribution in [0.4, 0.5) is 11.4 Å². The zero-order chi connectivity index (χ0) is 13.0. The van der Waals surface area contributed by atoms with E-state index in [0.717, 1.165) is 18.9 Å². The van der Waals surface area contributed by atoms with Crippen molar-refractivity contribution in [1.82, 2.24) is 0 Å². The number of ether oxygens (including phenoxy) is 1. The van der Waals surface area contributed by atoms with E-state index in [1.54, 1.807) is 18.2 Å². The zero-order valence-corrected chi connectivity index (χ0v) is 10.7. The molecule has 1 aromatic rings. The van der Waals surface area contributed by atoms with Crippen molar-refractivity contribution < 1.29 is 9.53 Å². The molecule has 1 saturated carbocycles. The summed E-state index contributed by atoms with van der Waals surface area (Å²) in [5.74, 6) is 0.576. The summed E-state index contributed by atoms with van der Waals surface area (Å²) >= 11 is 0. The van der Waals surface area contributed by atoms with Gasteiger partial charge < -0.3 is 15.8 Å². The van der Waals surface area contributed by atoms with Crippen molar-refractivity contribution in [1.29, 1.82) is 0 Å². The highest BCUT2D eigenvalue weighted by molar-refractivity contribution is 5.98. The fraction of sp³-hybridized carbons (Fsp3) is 0.500. The number of rotatable bonds is 6. The molecule has 3 N–H and O–H groups in total. The number of methoxy groups -OCH3 is 1. The molecule has 1 aliphatic rings. The van der Waals surface area contributed by atoms with Gasteiger partial charge in [0.05, 0.1) is 24.0 Å². The molecule has 0 aromatic heterocycles.